The van der Waals surface area contributed by atoms with E-state index in [9.17, 15) is 9.59 Å². The Balaban J connectivity index is 1.40. The maximum absolute atomic E-state index is 12.7. The first-order valence-corrected chi connectivity index (χ1v) is 12.3. The molecule has 31 heavy (non-hydrogen) atoms. The van der Waals surface area contributed by atoms with E-state index in [1.54, 1.807) is 11.3 Å². The highest BCUT2D eigenvalue weighted by Crippen LogP contribution is 2.32. The van der Waals surface area contributed by atoms with Crippen LogP contribution in [0.15, 0.2) is 46.8 Å². The Morgan fingerprint density at radius 2 is 1.81 bits per heavy atom. The van der Waals surface area contributed by atoms with Crippen molar-refractivity contribution >= 4 is 50.8 Å². The fourth-order valence-electron chi connectivity index (χ4n) is 3.55. The van der Waals surface area contributed by atoms with Crippen LogP contribution in [-0.4, -0.2) is 40.5 Å². The molecule has 0 atom stereocenters. The van der Waals surface area contributed by atoms with E-state index in [4.69, 9.17) is 0 Å². The molecule has 2 heterocycles. The Kier molecular flexibility index (Phi) is 6.34. The summed E-state index contributed by atoms with van der Waals surface area (Å²) in [4.78, 5) is 31.5. The van der Waals surface area contributed by atoms with E-state index in [-0.39, 0.29) is 17.2 Å². The number of aromatic nitrogens is 1. The minimum absolute atomic E-state index is 0.0566. The van der Waals surface area contributed by atoms with E-state index in [1.165, 1.54) is 17.3 Å². The van der Waals surface area contributed by atoms with Crippen LogP contribution in [0.5, 0.6) is 0 Å². The number of thiazole rings is 1. The summed E-state index contributed by atoms with van der Waals surface area (Å²) < 4.78 is 1.88. The fraction of sp³-hybridized carbons (Fsp3) is 0.375. The largest absolute Gasteiger partial charge is 0.342 e. The average molecular weight is 454 g/mol. The third kappa shape index (κ3) is 5.28. The van der Waals surface area contributed by atoms with Crippen LogP contribution in [-0.2, 0) is 10.2 Å². The number of amides is 2. The van der Waals surface area contributed by atoms with Gasteiger partial charge in [-0.25, -0.2) is 4.98 Å². The molecule has 0 spiro atoms. The standard InChI is InChI=1S/C24H27N3O2S2/c1-24(2,3)17-8-6-16(7-9-17)22(29)25-18-10-11-19-20(14-18)31-23(26-19)30-15-21(28)27-12-4-5-13-27/h6-11,14H,4-5,12-13,15H2,1-3H3,(H,25,29). The Bertz CT molecular complexity index is 1090. The third-order valence-corrected chi connectivity index (χ3v) is 7.56. The summed E-state index contributed by atoms with van der Waals surface area (Å²) >= 11 is 3.04. The van der Waals surface area contributed by atoms with Gasteiger partial charge in [-0.2, -0.15) is 0 Å². The molecule has 4 rings (SSSR count). The molecule has 1 N–H and O–H groups in total. The summed E-state index contributed by atoms with van der Waals surface area (Å²) in [5.74, 6) is 0.482. The number of rotatable bonds is 5. The molecule has 0 saturated carbocycles. The van der Waals surface area contributed by atoms with Crippen LogP contribution in [0.4, 0.5) is 5.69 Å². The van der Waals surface area contributed by atoms with Crippen LogP contribution in [0, 0.1) is 0 Å². The van der Waals surface area contributed by atoms with Crippen molar-refractivity contribution in [1.29, 1.82) is 0 Å². The molecule has 2 aromatic carbocycles. The Morgan fingerprint density at radius 3 is 2.48 bits per heavy atom. The van der Waals surface area contributed by atoms with Crippen molar-refractivity contribution < 1.29 is 9.59 Å². The lowest BCUT2D eigenvalue weighted by Crippen LogP contribution is -2.29. The highest BCUT2D eigenvalue weighted by molar-refractivity contribution is 8.01. The van der Waals surface area contributed by atoms with Gasteiger partial charge in [0, 0.05) is 24.3 Å². The normalized spacial score (nSPS) is 14.2. The zero-order valence-electron chi connectivity index (χ0n) is 18.1. The molecular formula is C24H27N3O2S2. The monoisotopic (exact) mass is 453 g/mol. The molecule has 0 bridgehead atoms. The van der Waals surface area contributed by atoms with Gasteiger partial charge in [-0.15, -0.1) is 11.3 Å². The number of hydrogen-bond acceptors (Lipinski definition) is 5. The van der Waals surface area contributed by atoms with Crippen molar-refractivity contribution in [3.63, 3.8) is 0 Å². The van der Waals surface area contributed by atoms with Crippen molar-refractivity contribution in [2.24, 2.45) is 0 Å². The molecule has 0 aliphatic carbocycles. The molecule has 1 fully saturated rings. The van der Waals surface area contributed by atoms with Gasteiger partial charge in [-0.3, -0.25) is 9.59 Å². The summed E-state index contributed by atoms with van der Waals surface area (Å²) in [5, 5.41) is 2.98. The molecule has 0 unspecified atom stereocenters. The lowest BCUT2D eigenvalue weighted by Gasteiger charge is -2.19. The van der Waals surface area contributed by atoms with E-state index < -0.39 is 0 Å². The van der Waals surface area contributed by atoms with Gasteiger partial charge < -0.3 is 10.2 Å². The van der Waals surface area contributed by atoms with E-state index in [2.05, 4.69) is 31.1 Å². The second-order valence-corrected chi connectivity index (χ2v) is 11.1. The molecule has 1 aliphatic heterocycles. The molecular weight excluding hydrogens is 426 g/mol. The van der Waals surface area contributed by atoms with Gasteiger partial charge in [0.1, 0.15) is 0 Å². The SMILES string of the molecule is CC(C)(C)c1ccc(C(=O)Nc2ccc3nc(SCC(=O)N4CCCC4)sc3c2)cc1. The topological polar surface area (TPSA) is 62.3 Å². The molecule has 0 radical (unpaired) electrons. The number of fused-ring (bicyclic) bond motifs is 1. The van der Waals surface area contributed by atoms with Crippen LogP contribution in [0.1, 0.15) is 49.5 Å². The van der Waals surface area contributed by atoms with E-state index in [0.717, 1.165) is 46.2 Å². The predicted octanol–water partition coefficient (Wildman–Crippen LogP) is 5.56. The molecule has 1 aliphatic rings. The van der Waals surface area contributed by atoms with Gasteiger partial charge in [-0.05, 0) is 54.2 Å². The van der Waals surface area contributed by atoms with Gasteiger partial charge in [0.15, 0.2) is 4.34 Å². The van der Waals surface area contributed by atoms with Crippen LogP contribution >= 0.6 is 23.1 Å². The number of carbonyl (C=O) groups is 2. The Morgan fingerprint density at radius 1 is 1.10 bits per heavy atom. The molecule has 1 aromatic heterocycles. The van der Waals surface area contributed by atoms with Gasteiger partial charge in [0.25, 0.3) is 5.91 Å². The van der Waals surface area contributed by atoms with Gasteiger partial charge in [0.05, 0.1) is 16.0 Å². The first kappa shape index (κ1) is 21.8. The molecule has 162 valence electrons. The Hall–Kier alpha value is -2.38. The molecule has 7 heteroatoms. The second-order valence-electron chi connectivity index (χ2n) is 8.82. The van der Waals surface area contributed by atoms with Crippen LogP contribution in [0.2, 0.25) is 0 Å². The van der Waals surface area contributed by atoms with Crippen molar-refractivity contribution in [3.8, 4) is 0 Å². The summed E-state index contributed by atoms with van der Waals surface area (Å²) in [7, 11) is 0. The number of benzene rings is 2. The summed E-state index contributed by atoms with van der Waals surface area (Å²) in [6.45, 7) is 8.21. The highest BCUT2D eigenvalue weighted by Gasteiger charge is 2.19. The summed E-state index contributed by atoms with van der Waals surface area (Å²) in [5.41, 5.74) is 3.51. The second kappa shape index (κ2) is 9.01. The smallest absolute Gasteiger partial charge is 0.255 e. The zero-order valence-corrected chi connectivity index (χ0v) is 19.7. The van der Waals surface area contributed by atoms with Gasteiger partial charge in [-0.1, -0.05) is 44.7 Å². The number of nitrogens with one attached hydrogen (secondary N) is 1. The Labute approximate surface area is 191 Å². The third-order valence-electron chi connectivity index (χ3n) is 5.42. The highest BCUT2D eigenvalue weighted by atomic mass is 32.2. The van der Waals surface area contributed by atoms with E-state index >= 15 is 0 Å². The lowest BCUT2D eigenvalue weighted by atomic mass is 9.87. The maximum atomic E-state index is 12.7. The number of thioether (sulfide) groups is 1. The zero-order chi connectivity index (χ0) is 22.0. The van der Waals surface area contributed by atoms with Gasteiger partial charge >= 0.3 is 0 Å². The van der Waals surface area contributed by atoms with Crippen molar-refractivity contribution in [2.45, 2.75) is 43.4 Å². The van der Waals surface area contributed by atoms with E-state index in [1.807, 2.05) is 47.4 Å². The number of hydrogen-bond donors (Lipinski definition) is 1. The minimum Gasteiger partial charge on any atom is -0.342 e. The van der Waals surface area contributed by atoms with Crippen LogP contribution in [0.25, 0.3) is 10.2 Å². The summed E-state index contributed by atoms with van der Waals surface area (Å²) in [6, 6.07) is 13.5. The first-order chi connectivity index (χ1) is 14.8. The predicted molar refractivity (Wildman–Crippen MR) is 129 cm³/mol. The molecule has 2 amide bonds. The van der Waals surface area contributed by atoms with Crippen molar-refractivity contribution in [3.05, 3.63) is 53.6 Å². The lowest BCUT2D eigenvalue weighted by molar-refractivity contribution is -0.127. The average Bonchev–Trinajstić information content (AvgIpc) is 3.41. The van der Waals surface area contributed by atoms with Crippen LogP contribution < -0.4 is 5.32 Å². The van der Waals surface area contributed by atoms with Crippen molar-refractivity contribution in [1.82, 2.24) is 9.88 Å². The molecule has 5 nitrogen and oxygen atoms in total. The first-order valence-electron chi connectivity index (χ1n) is 10.5. The minimum atomic E-state index is -0.130. The van der Waals surface area contributed by atoms with Crippen LogP contribution in [0.3, 0.4) is 0 Å². The van der Waals surface area contributed by atoms with Crippen molar-refractivity contribution in [2.75, 3.05) is 24.2 Å². The quantitative estimate of drug-likeness (QED) is 0.514. The fourth-order valence-corrected chi connectivity index (χ4v) is 5.56. The number of carbonyl (C=O) groups excluding carboxylic acids is 2. The number of anilines is 1. The number of nitrogens with zero attached hydrogens (tertiary/aromatic N) is 2. The van der Waals surface area contributed by atoms with Gasteiger partial charge in [0.2, 0.25) is 5.91 Å². The molecule has 3 aromatic rings. The molecule has 1 saturated heterocycles. The van der Waals surface area contributed by atoms with E-state index in [0.29, 0.717) is 11.3 Å². The summed E-state index contributed by atoms with van der Waals surface area (Å²) in [6.07, 6.45) is 2.21. The number of likely N-dealkylation sites (tertiary alicyclic amines) is 1. The maximum Gasteiger partial charge on any atom is 0.255 e.